The van der Waals surface area contributed by atoms with Crippen molar-refractivity contribution in [1.82, 2.24) is 15.1 Å². The second-order valence-corrected chi connectivity index (χ2v) is 7.59. The lowest BCUT2D eigenvalue weighted by atomic mass is 9.72. The highest BCUT2D eigenvalue weighted by atomic mass is 15.3. The number of nitrogens with one attached hydrogen (secondary N) is 1. The van der Waals surface area contributed by atoms with Crippen molar-refractivity contribution in [2.45, 2.75) is 72.4 Å². The molecule has 1 aromatic heterocycles. The number of nitrogens with zero attached hydrogens (tertiary/aromatic N) is 2. The van der Waals surface area contributed by atoms with E-state index < -0.39 is 0 Å². The Kier molecular flexibility index (Phi) is 5.86. The Labute approximate surface area is 130 Å². The van der Waals surface area contributed by atoms with Gasteiger partial charge in [0.1, 0.15) is 0 Å². The molecule has 0 bridgehead atoms. The van der Waals surface area contributed by atoms with Gasteiger partial charge in [0.25, 0.3) is 0 Å². The first-order chi connectivity index (χ1) is 9.95. The smallest absolute Gasteiger partial charge is 0.0627 e. The third-order valence-corrected chi connectivity index (χ3v) is 4.85. The summed E-state index contributed by atoms with van der Waals surface area (Å²) in [4.78, 5) is 0. The normalized spacial score (nSPS) is 26.7. The van der Waals surface area contributed by atoms with Crippen LogP contribution in [0.2, 0.25) is 0 Å². The molecule has 0 radical (unpaired) electrons. The fourth-order valence-corrected chi connectivity index (χ4v) is 3.51. The molecule has 0 amide bonds. The predicted octanol–water partition coefficient (Wildman–Crippen LogP) is 4.06. The highest BCUT2D eigenvalue weighted by Crippen LogP contribution is 2.35. The molecule has 1 saturated carbocycles. The minimum Gasteiger partial charge on any atom is -0.314 e. The average Bonchev–Trinajstić information content (AvgIpc) is 2.86. The Bertz CT molecular complexity index is 422. The van der Waals surface area contributed by atoms with Gasteiger partial charge in [-0.05, 0) is 63.5 Å². The van der Waals surface area contributed by atoms with Gasteiger partial charge in [0.15, 0.2) is 0 Å². The van der Waals surface area contributed by atoms with Crippen molar-refractivity contribution in [1.29, 1.82) is 0 Å². The summed E-state index contributed by atoms with van der Waals surface area (Å²) in [6.45, 7) is 12.4. The van der Waals surface area contributed by atoms with E-state index in [1.807, 2.05) is 0 Å². The third kappa shape index (κ3) is 4.84. The molecule has 1 fully saturated rings. The monoisotopic (exact) mass is 291 g/mol. The molecule has 3 heteroatoms. The summed E-state index contributed by atoms with van der Waals surface area (Å²) in [7, 11) is 0. The summed E-state index contributed by atoms with van der Waals surface area (Å²) in [5.74, 6) is 2.47. The molecule has 1 aliphatic carbocycles. The summed E-state index contributed by atoms with van der Waals surface area (Å²) < 4.78 is 2.09. The maximum absolute atomic E-state index is 4.75. The second kappa shape index (κ2) is 7.44. The molecular formula is C18H33N3. The van der Waals surface area contributed by atoms with Gasteiger partial charge in [0.2, 0.25) is 0 Å². The van der Waals surface area contributed by atoms with Crippen LogP contribution < -0.4 is 5.32 Å². The van der Waals surface area contributed by atoms with Crippen LogP contribution in [0.1, 0.15) is 65.6 Å². The molecule has 1 aromatic rings. The van der Waals surface area contributed by atoms with Crippen LogP contribution in [0.3, 0.4) is 0 Å². The molecule has 1 aliphatic rings. The average molecular weight is 291 g/mol. The fourth-order valence-electron chi connectivity index (χ4n) is 3.51. The molecule has 0 spiro atoms. The van der Waals surface area contributed by atoms with Gasteiger partial charge in [-0.25, -0.2) is 0 Å². The van der Waals surface area contributed by atoms with Crippen molar-refractivity contribution >= 4 is 0 Å². The van der Waals surface area contributed by atoms with Crippen LogP contribution >= 0.6 is 0 Å². The second-order valence-electron chi connectivity index (χ2n) is 7.59. The zero-order valence-electron chi connectivity index (χ0n) is 14.5. The summed E-state index contributed by atoms with van der Waals surface area (Å²) >= 11 is 0. The predicted molar refractivity (Wildman–Crippen MR) is 89.4 cm³/mol. The summed E-state index contributed by atoms with van der Waals surface area (Å²) in [6.07, 6.45) is 7.40. The lowest BCUT2D eigenvalue weighted by molar-refractivity contribution is 0.180. The van der Waals surface area contributed by atoms with Gasteiger partial charge in [-0.1, -0.05) is 27.2 Å². The van der Waals surface area contributed by atoms with Crippen LogP contribution in [0.25, 0.3) is 0 Å². The van der Waals surface area contributed by atoms with E-state index in [0.717, 1.165) is 24.2 Å². The topological polar surface area (TPSA) is 29.9 Å². The zero-order chi connectivity index (χ0) is 15.4. The molecule has 0 saturated heterocycles. The zero-order valence-corrected chi connectivity index (χ0v) is 14.5. The Morgan fingerprint density at radius 1 is 1.24 bits per heavy atom. The highest BCUT2D eigenvalue weighted by Gasteiger charge is 2.29. The van der Waals surface area contributed by atoms with E-state index in [2.05, 4.69) is 56.9 Å². The first-order valence-electron chi connectivity index (χ1n) is 8.73. The Morgan fingerprint density at radius 2 is 2.00 bits per heavy atom. The number of hydrogen-bond acceptors (Lipinski definition) is 2. The number of rotatable bonds is 6. The molecule has 1 heterocycles. The third-order valence-electron chi connectivity index (χ3n) is 4.85. The minimum absolute atomic E-state index is 0.461. The SMILES string of the molecule is CC1CCC(CNC(C)C)C(Cc2ccn(C(C)C)n2)C1. The highest BCUT2D eigenvalue weighted by molar-refractivity contribution is 5.02. The number of aromatic nitrogens is 2. The molecule has 3 atom stereocenters. The Morgan fingerprint density at radius 3 is 2.62 bits per heavy atom. The van der Waals surface area contributed by atoms with Crippen molar-refractivity contribution in [2.75, 3.05) is 6.54 Å². The van der Waals surface area contributed by atoms with E-state index in [9.17, 15) is 0 Å². The summed E-state index contributed by atoms with van der Waals surface area (Å²) in [5.41, 5.74) is 1.28. The molecule has 1 N–H and O–H groups in total. The van der Waals surface area contributed by atoms with Gasteiger partial charge in [-0.2, -0.15) is 5.10 Å². The first kappa shape index (κ1) is 16.5. The van der Waals surface area contributed by atoms with Crippen molar-refractivity contribution in [3.8, 4) is 0 Å². The van der Waals surface area contributed by atoms with E-state index in [4.69, 9.17) is 5.10 Å². The van der Waals surface area contributed by atoms with Crippen molar-refractivity contribution in [2.24, 2.45) is 17.8 Å². The number of hydrogen-bond donors (Lipinski definition) is 1. The van der Waals surface area contributed by atoms with Crippen molar-refractivity contribution < 1.29 is 0 Å². The molecule has 3 unspecified atom stereocenters. The van der Waals surface area contributed by atoms with Gasteiger partial charge in [0.05, 0.1) is 5.69 Å². The lowest BCUT2D eigenvalue weighted by Crippen LogP contribution is -2.36. The van der Waals surface area contributed by atoms with E-state index in [-0.39, 0.29) is 0 Å². The van der Waals surface area contributed by atoms with Crippen molar-refractivity contribution in [3.05, 3.63) is 18.0 Å². The minimum atomic E-state index is 0.461. The van der Waals surface area contributed by atoms with Gasteiger partial charge in [0, 0.05) is 18.3 Å². The van der Waals surface area contributed by atoms with E-state index >= 15 is 0 Å². The van der Waals surface area contributed by atoms with E-state index in [1.165, 1.54) is 31.5 Å². The van der Waals surface area contributed by atoms with Gasteiger partial charge in [-0.15, -0.1) is 0 Å². The first-order valence-corrected chi connectivity index (χ1v) is 8.73. The Hall–Kier alpha value is -0.830. The van der Waals surface area contributed by atoms with E-state index in [1.54, 1.807) is 0 Å². The molecule has 0 aliphatic heterocycles. The largest absolute Gasteiger partial charge is 0.314 e. The maximum Gasteiger partial charge on any atom is 0.0627 e. The summed E-state index contributed by atoms with van der Waals surface area (Å²) in [5, 5.41) is 8.40. The van der Waals surface area contributed by atoms with Crippen LogP contribution in [-0.2, 0) is 6.42 Å². The van der Waals surface area contributed by atoms with Crippen LogP contribution in [0.15, 0.2) is 12.3 Å². The molecule has 2 rings (SSSR count). The molecule has 3 nitrogen and oxygen atoms in total. The molecule has 21 heavy (non-hydrogen) atoms. The van der Waals surface area contributed by atoms with Gasteiger partial charge < -0.3 is 5.32 Å². The quantitative estimate of drug-likeness (QED) is 0.856. The fraction of sp³-hybridized carbons (Fsp3) is 0.833. The van der Waals surface area contributed by atoms with Crippen LogP contribution in [0.4, 0.5) is 0 Å². The van der Waals surface area contributed by atoms with Crippen LogP contribution in [0, 0.1) is 17.8 Å². The van der Waals surface area contributed by atoms with Gasteiger partial charge in [-0.3, -0.25) is 4.68 Å². The van der Waals surface area contributed by atoms with Crippen molar-refractivity contribution in [3.63, 3.8) is 0 Å². The van der Waals surface area contributed by atoms with E-state index in [0.29, 0.717) is 12.1 Å². The molecule has 120 valence electrons. The lowest BCUT2D eigenvalue weighted by Gasteiger charge is -2.35. The van der Waals surface area contributed by atoms with Crippen LogP contribution in [-0.4, -0.2) is 22.4 Å². The van der Waals surface area contributed by atoms with Gasteiger partial charge >= 0.3 is 0 Å². The standard InChI is InChI=1S/C18H33N3/c1-13(2)19-12-16-7-6-15(5)10-17(16)11-18-8-9-21(20-18)14(3)4/h8-9,13-17,19H,6-7,10-12H2,1-5H3. The molecular weight excluding hydrogens is 258 g/mol. The van der Waals surface area contributed by atoms with Crippen LogP contribution in [0.5, 0.6) is 0 Å². The molecule has 0 aromatic carbocycles. The summed E-state index contributed by atoms with van der Waals surface area (Å²) in [6, 6.07) is 3.26. The maximum atomic E-state index is 4.75. The Balaban J connectivity index is 1.98.